The highest BCUT2D eigenvalue weighted by atomic mass is 32.2. The van der Waals surface area contributed by atoms with Crippen LogP contribution >= 0.6 is 0 Å². The number of aromatic amines is 1. The van der Waals surface area contributed by atoms with Crippen molar-refractivity contribution in [2.45, 2.75) is 51.0 Å². The Balaban J connectivity index is 1.45. The van der Waals surface area contributed by atoms with E-state index in [2.05, 4.69) is 41.0 Å². The third-order valence-corrected chi connectivity index (χ3v) is 9.81. The molecule has 0 saturated heterocycles. The van der Waals surface area contributed by atoms with Gasteiger partial charge < -0.3 is 9.72 Å². The molecule has 13 heteroatoms. The smallest absolute Gasteiger partial charge is 0.197 e. The second-order valence-corrected chi connectivity index (χ2v) is 16.0. The minimum atomic E-state index is -3.16. The summed E-state index contributed by atoms with van der Waals surface area (Å²) in [5.74, 6) is 1.05. The molecule has 2 atom stereocenters. The average Bonchev–Trinajstić information content (AvgIpc) is 3.64. The number of ether oxygens (including phenoxy) is 1. The summed E-state index contributed by atoms with van der Waals surface area (Å²) >= 11 is 0. The lowest BCUT2D eigenvalue weighted by Gasteiger charge is -2.28. The Morgan fingerprint density at radius 1 is 1.10 bits per heavy atom. The molecule has 2 unspecified atom stereocenters. The molecular formula is C28H38N6O5S2. The molecule has 0 aromatic carbocycles. The van der Waals surface area contributed by atoms with Gasteiger partial charge in [-0.15, -0.1) is 0 Å². The first-order valence-corrected chi connectivity index (χ1v) is 17.9. The Morgan fingerprint density at radius 2 is 1.80 bits per heavy atom. The molecule has 4 aromatic heterocycles. The maximum absolute atomic E-state index is 11.9. The maximum Gasteiger partial charge on any atom is 0.197 e. The van der Waals surface area contributed by atoms with Crippen LogP contribution in [0.3, 0.4) is 0 Å². The van der Waals surface area contributed by atoms with E-state index in [9.17, 15) is 16.8 Å². The standard InChI is InChI=1S/C28H38N6O5S2/c1-18(2)25-26(20-15-24(39-3)28-29-17-30-34(28)16-20)32-23-9-8-22(31-27(23)25)19-6-7-21(14-19)33(10-12-40(4,35)36)11-13-41(5,37)38/h8-9,15-19,21,32H,6-7,10-14H2,1-5H3. The summed E-state index contributed by atoms with van der Waals surface area (Å²) < 4.78 is 54.8. The first-order valence-electron chi connectivity index (χ1n) is 13.8. The van der Waals surface area contributed by atoms with E-state index in [1.54, 1.807) is 11.6 Å². The predicted molar refractivity (Wildman–Crippen MR) is 160 cm³/mol. The van der Waals surface area contributed by atoms with E-state index in [4.69, 9.17) is 9.72 Å². The fourth-order valence-electron chi connectivity index (χ4n) is 5.90. The number of aromatic nitrogens is 5. The Bertz CT molecular complexity index is 1740. The monoisotopic (exact) mass is 602 g/mol. The van der Waals surface area contributed by atoms with E-state index in [1.807, 2.05) is 17.2 Å². The van der Waals surface area contributed by atoms with E-state index in [-0.39, 0.29) is 29.4 Å². The molecule has 1 aliphatic carbocycles. The van der Waals surface area contributed by atoms with Crippen LogP contribution in [-0.2, 0) is 19.7 Å². The molecule has 0 aliphatic heterocycles. The molecule has 5 rings (SSSR count). The minimum absolute atomic E-state index is 0.0111. The van der Waals surface area contributed by atoms with Gasteiger partial charge in [0.1, 0.15) is 26.0 Å². The summed E-state index contributed by atoms with van der Waals surface area (Å²) in [6, 6.07) is 6.22. The summed E-state index contributed by atoms with van der Waals surface area (Å²) in [6.07, 6.45) is 8.46. The molecule has 1 saturated carbocycles. The van der Waals surface area contributed by atoms with Gasteiger partial charge >= 0.3 is 0 Å². The quantitative estimate of drug-likeness (QED) is 0.273. The molecule has 11 nitrogen and oxygen atoms in total. The number of sulfone groups is 2. The van der Waals surface area contributed by atoms with E-state index in [1.165, 1.54) is 18.8 Å². The SMILES string of the molecule is COc1cc(-c2[nH]c3ccc(C4CCC(N(CCS(C)(=O)=O)CCS(C)(=O)=O)C4)nc3c2C(C)C)cn2ncnc12. The van der Waals surface area contributed by atoms with Gasteiger partial charge in [-0.25, -0.2) is 26.3 Å². The highest BCUT2D eigenvalue weighted by Gasteiger charge is 2.32. The lowest BCUT2D eigenvalue weighted by Crippen LogP contribution is -2.40. The zero-order valence-electron chi connectivity index (χ0n) is 24.2. The van der Waals surface area contributed by atoms with Gasteiger partial charge in [0, 0.05) is 60.6 Å². The summed E-state index contributed by atoms with van der Waals surface area (Å²) in [4.78, 5) is 15.1. The number of pyridine rings is 2. The van der Waals surface area contributed by atoms with Crippen molar-refractivity contribution in [1.29, 1.82) is 0 Å². The number of rotatable bonds is 11. The van der Waals surface area contributed by atoms with Gasteiger partial charge in [-0.1, -0.05) is 13.8 Å². The van der Waals surface area contributed by atoms with Crippen molar-refractivity contribution in [1.82, 2.24) is 29.5 Å². The molecule has 0 radical (unpaired) electrons. The van der Waals surface area contributed by atoms with Gasteiger partial charge in [0.25, 0.3) is 0 Å². The molecule has 1 fully saturated rings. The van der Waals surface area contributed by atoms with E-state index < -0.39 is 19.7 Å². The number of fused-ring (bicyclic) bond motifs is 2. The van der Waals surface area contributed by atoms with Crippen molar-refractivity contribution in [2.75, 3.05) is 44.2 Å². The van der Waals surface area contributed by atoms with Crippen LogP contribution in [0.2, 0.25) is 0 Å². The number of hydrogen-bond donors (Lipinski definition) is 1. The summed E-state index contributed by atoms with van der Waals surface area (Å²) in [5, 5.41) is 4.31. The van der Waals surface area contributed by atoms with Crippen molar-refractivity contribution < 1.29 is 21.6 Å². The molecule has 4 aromatic rings. The van der Waals surface area contributed by atoms with Gasteiger partial charge in [0.15, 0.2) is 11.4 Å². The molecule has 0 spiro atoms. The van der Waals surface area contributed by atoms with Crippen LogP contribution < -0.4 is 4.74 Å². The van der Waals surface area contributed by atoms with E-state index >= 15 is 0 Å². The maximum atomic E-state index is 11.9. The number of hydrogen-bond acceptors (Lipinski definition) is 9. The minimum Gasteiger partial charge on any atom is -0.493 e. The lowest BCUT2D eigenvalue weighted by atomic mass is 9.97. The van der Waals surface area contributed by atoms with Crippen LogP contribution in [0.25, 0.3) is 27.9 Å². The van der Waals surface area contributed by atoms with Crippen LogP contribution in [0.5, 0.6) is 5.75 Å². The number of nitrogens with zero attached hydrogens (tertiary/aromatic N) is 5. The third-order valence-electron chi connectivity index (χ3n) is 7.97. The molecule has 222 valence electrons. The van der Waals surface area contributed by atoms with E-state index in [0.717, 1.165) is 52.8 Å². The predicted octanol–water partition coefficient (Wildman–Crippen LogP) is 3.43. The van der Waals surface area contributed by atoms with Gasteiger partial charge in [-0.05, 0) is 43.4 Å². The van der Waals surface area contributed by atoms with Gasteiger partial charge in [-0.2, -0.15) is 5.10 Å². The normalized spacial score (nSPS) is 18.3. The van der Waals surface area contributed by atoms with Gasteiger partial charge in [0.2, 0.25) is 0 Å². The van der Waals surface area contributed by atoms with Crippen molar-refractivity contribution in [3.8, 4) is 17.0 Å². The van der Waals surface area contributed by atoms with Crippen molar-refractivity contribution in [3.63, 3.8) is 0 Å². The summed E-state index contributed by atoms with van der Waals surface area (Å²) in [5.41, 5.74) is 6.53. The van der Waals surface area contributed by atoms with Crippen LogP contribution in [0.1, 0.15) is 56.2 Å². The Morgan fingerprint density at radius 3 is 2.44 bits per heavy atom. The van der Waals surface area contributed by atoms with Crippen molar-refractivity contribution in [3.05, 3.63) is 42.0 Å². The van der Waals surface area contributed by atoms with Crippen LogP contribution in [-0.4, -0.2) is 96.6 Å². The summed E-state index contributed by atoms with van der Waals surface area (Å²) in [6.45, 7) is 4.96. The first kappa shape index (κ1) is 29.5. The van der Waals surface area contributed by atoms with Crippen molar-refractivity contribution in [2.24, 2.45) is 0 Å². The van der Waals surface area contributed by atoms with Crippen molar-refractivity contribution >= 4 is 36.4 Å². The fourth-order valence-corrected chi connectivity index (χ4v) is 7.03. The number of H-pyrrole nitrogens is 1. The zero-order valence-corrected chi connectivity index (χ0v) is 25.8. The van der Waals surface area contributed by atoms with Crippen LogP contribution in [0.15, 0.2) is 30.7 Å². The fraction of sp³-hybridized carbons (Fsp3) is 0.536. The lowest BCUT2D eigenvalue weighted by molar-refractivity contribution is 0.220. The number of nitrogens with one attached hydrogen (secondary N) is 1. The molecule has 1 aliphatic rings. The Hall–Kier alpha value is -3.03. The van der Waals surface area contributed by atoms with Gasteiger partial charge in [0.05, 0.1) is 35.3 Å². The van der Waals surface area contributed by atoms with Crippen LogP contribution in [0.4, 0.5) is 0 Å². The Labute approximate surface area is 241 Å². The second kappa shape index (κ2) is 11.3. The molecular weight excluding hydrogens is 564 g/mol. The largest absolute Gasteiger partial charge is 0.493 e. The second-order valence-electron chi connectivity index (χ2n) is 11.5. The highest BCUT2D eigenvalue weighted by molar-refractivity contribution is 7.90. The van der Waals surface area contributed by atoms with Gasteiger partial charge in [-0.3, -0.25) is 9.88 Å². The highest BCUT2D eigenvalue weighted by Crippen LogP contribution is 2.40. The molecule has 4 heterocycles. The van der Waals surface area contributed by atoms with E-state index in [0.29, 0.717) is 24.5 Å². The Kier molecular flexibility index (Phi) is 8.14. The third kappa shape index (κ3) is 6.57. The van der Waals surface area contributed by atoms with Crippen LogP contribution in [0, 0.1) is 0 Å². The molecule has 1 N–H and O–H groups in total. The molecule has 41 heavy (non-hydrogen) atoms. The average molecular weight is 603 g/mol. The molecule has 0 amide bonds. The molecule has 0 bridgehead atoms. The topological polar surface area (TPSA) is 140 Å². The first-order chi connectivity index (χ1) is 19.3. The summed E-state index contributed by atoms with van der Waals surface area (Å²) in [7, 11) is -4.71. The number of methoxy groups -OCH3 is 1. The zero-order chi connectivity index (χ0) is 29.5.